The van der Waals surface area contributed by atoms with Crippen LogP contribution in [-0.4, -0.2) is 52.8 Å². The molecule has 184 valence electrons. The van der Waals surface area contributed by atoms with Gasteiger partial charge in [-0.25, -0.2) is 4.79 Å². The summed E-state index contributed by atoms with van der Waals surface area (Å²) in [6.45, 7) is 15.1. The molecule has 1 rings (SSSR count). The van der Waals surface area contributed by atoms with E-state index in [2.05, 4.69) is 36.8 Å². The van der Waals surface area contributed by atoms with Gasteiger partial charge in [-0.2, -0.15) is 12.6 Å². The summed E-state index contributed by atoms with van der Waals surface area (Å²) in [6.07, 6.45) is 2.73. The molecule has 0 aliphatic heterocycles. The summed E-state index contributed by atoms with van der Waals surface area (Å²) in [6, 6.07) is 5.50. The number of nitrogens with one attached hydrogen (secondary N) is 2. The smallest absolute Gasteiger partial charge is 0.408 e. The average Bonchev–Trinajstić information content (AvgIpc) is 2.73. The quantitative estimate of drug-likeness (QED) is 0.414. The Kier molecular flexibility index (Phi) is 11.5. The van der Waals surface area contributed by atoms with E-state index in [9.17, 15) is 14.4 Å². The number of alkyl carbamates (subject to hydrolysis) is 1. The predicted octanol–water partition coefficient (Wildman–Crippen LogP) is 4.35. The topological polar surface area (TPSA) is 87.7 Å². The third-order valence-corrected chi connectivity index (χ3v) is 5.29. The molecule has 0 aliphatic carbocycles. The van der Waals surface area contributed by atoms with Crippen LogP contribution in [0.15, 0.2) is 30.8 Å². The van der Waals surface area contributed by atoms with Crippen molar-refractivity contribution in [2.45, 2.75) is 78.1 Å². The largest absolute Gasteiger partial charge is 0.444 e. The molecule has 1 aromatic carbocycles. The zero-order chi connectivity index (χ0) is 25.2. The number of ether oxygens (including phenoxy) is 1. The molecular formula is C25H39N3O4S. The van der Waals surface area contributed by atoms with Crippen LogP contribution in [0.25, 0.3) is 6.08 Å². The van der Waals surface area contributed by atoms with Gasteiger partial charge in [-0.05, 0) is 58.2 Å². The summed E-state index contributed by atoms with van der Waals surface area (Å²) >= 11 is 4.27. The zero-order valence-electron chi connectivity index (χ0n) is 20.7. The molecule has 33 heavy (non-hydrogen) atoms. The van der Waals surface area contributed by atoms with E-state index in [-0.39, 0.29) is 24.2 Å². The van der Waals surface area contributed by atoms with Gasteiger partial charge >= 0.3 is 6.09 Å². The molecule has 0 saturated heterocycles. The van der Waals surface area contributed by atoms with Crippen molar-refractivity contribution in [1.29, 1.82) is 0 Å². The van der Waals surface area contributed by atoms with E-state index in [1.54, 1.807) is 33.8 Å². The summed E-state index contributed by atoms with van der Waals surface area (Å²) in [5.74, 6) is -0.629. The van der Waals surface area contributed by atoms with Gasteiger partial charge in [0.15, 0.2) is 0 Å². The van der Waals surface area contributed by atoms with Crippen LogP contribution in [0.5, 0.6) is 0 Å². The van der Waals surface area contributed by atoms with Crippen LogP contribution in [0, 0.1) is 0 Å². The predicted molar refractivity (Wildman–Crippen MR) is 136 cm³/mol. The van der Waals surface area contributed by atoms with Gasteiger partial charge in [-0.1, -0.05) is 44.2 Å². The van der Waals surface area contributed by atoms with Gasteiger partial charge in [0.2, 0.25) is 11.8 Å². The third-order valence-electron chi connectivity index (χ3n) is 4.93. The fraction of sp³-hybridized carbons (Fsp3) is 0.560. The Hall–Kier alpha value is -2.48. The molecule has 0 spiro atoms. The molecular weight excluding hydrogens is 438 g/mol. The molecule has 0 saturated carbocycles. The second kappa shape index (κ2) is 13.3. The molecule has 0 bridgehead atoms. The van der Waals surface area contributed by atoms with Gasteiger partial charge in [0.25, 0.3) is 0 Å². The fourth-order valence-corrected chi connectivity index (χ4v) is 3.70. The maximum absolute atomic E-state index is 13.5. The minimum atomic E-state index is -0.950. The molecule has 1 aromatic rings. The maximum atomic E-state index is 13.5. The molecule has 0 radical (unpaired) electrons. The first-order valence-electron chi connectivity index (χ1n) is 11.4. The first kappa shape index (κ1) is 28.6. The number of amides is 3. The first-order chi connectivity index (χ1) is 15.5. The lowest BCUT2D eigenvalue weighted by Gasteiger charge is -2.34. The van der Waals surface area contributed by atoms with E-state index < -0.39 is 29.7 Å². The van der Waals surface area contributed by atoms with E-state index in [1.165, 1.54) is 4.90 Å². The monoisotopic (exact) mass is 477 g/mol. The van der Waals surface area contributed by atoms with E-state index in [0.29, 0.717) is 5.56 Å². The van der Waals surface area contributed by atoms with Gasteiger partial charge in [-0.15, -0.1) is 0 Å². The molecule has 0 aromatic heterocycles. The second-order valence-corrected chi connectivity index (χ2v) is 9.35. The molecule has 0 aliphatic rings. The summed E-state index contributed by atoms with van der Waals surface area (Å²) in [5, 5.41) is 5.62. The minimum Gasteiger partial charge on any atom is -0.444 e. The Morgan fingerprint density at radius 3 is 2.39 bits per heavy atom. The number of thiol groups is 1. The van der Waals surface area contributed by atoms with Crippen LogP contribution in [0.2, 0.25) is 0 Å². The molecule has 0 fully saturated rings. The SMILES string of the molecule is C=Cc1cccc(C(C(=O)NC(C)CCC)N(CC)C(=O)C(CS)NC(=O)OC(C)(C)C)c1. The number of benzene rings is 1. The third kappa shape index (κ3) is 9.12. The normalized spacial score (nSPS) is 13.9. The van der Waals surface area contributed by atoms with Crippen LogP contribution >= 0.6 is 12.6 Å². The second-order valence-electron chi connectivity index (χ2n) is 8.98. The number of nitrogens with zero attached hydrogens (tertiary/aromatic N) is 1. The van der Waals surface area contributed by atoms with Gasteiger partial charge in [0.05, 0.1) is 0 Å². The van der Waals surface area contributed by atoms with Gasteiger partial charge < -0.3 is 20.3 Å². The van der Waals surface area contributed by atoms with Crippen LogP contribution in [-0.2, 0) is 14.3 Å². The number of carbonyl (C=O) groups is 3. The highest BCUT2D eigenvalue weighted by Gasteiger charge is 2.35. The highest BCUT2D eigenvalue weighted by molar-refractivity contribution is 7.80. The molecule has 7 nitrogen and oxygen atoms in total. The lowest BCUT2D eigenvalue weighted by atomic mass is 10.00. The highest BCUT2D eigenvalue weighted by atomic mass is 32.1. The molecule has 8 heteroatoms. The summed E-state index contributed by atoms with van der Waals surface area (Å²) in [7, 11) is 0. The Balaban J connectivity index is 3.30. The van der Waals surface area contributed by atoms with Crippen molar-refractivity contribution in [3.63, 3.8) is 0 Å². The Morgan fingerprint density at radius 1 is 1.21 bits per heavy atom. The zero-order valence-corrected chi connectivity index (χ0v) is 21.6. The molecule has 3 unspecified atom stereocenters. The van der Waals surface area contributed by atoms with Crippen LogP contribution in [0.4, 0.5) is 4.79 Å². The van der Waals surface area contributed by atoms with Crippen LogP contribution in [0.3, 0.4) is 0 Å². The van der Waals surface area contributed by atoms with E-state index in [4.69, 9.17) is 4.74 Å². The Morgan fingerprint density at radius 2 is 1.88 bits per heavy atom. The number of likely N-dealkylation sites (N-methyl/N-ethyl adjacent to an activating group) is 1. The van der Waals surface area contributed by atoms with Crippen molar-refractivity contribution in [3.05, 3.63) is 42.0 Å². The van der Waals surface area contributed by atoms with E-state index in [1.807, 2.05) is 31.2 Å². The van der Waals surface area contributed by atoms with Crippen molar-refractivity contribution in [3.8, 4) is 0 Å². The average molecular weight is 478 g/mol. The number of carbonyl (C=O) groups excluding carboxylic acids is 3. The summed E-state index contributed by atoms with van der Waals surface area (Å²) < 4.78 is 5.29. The number of hydrogen-bond donors (Lipinski definition) is 3. The van der Waals surface area contributed by atoms with Crippen LogP contribution < -0.4 is 10.6 Å². The number of rotatable bonds is 11. The fourth-order valence-electron chi connectivity index (χ4n) is 3.46. The van der Waals surface area contributed by atoms with Crippen LogP contribution in [0.1, 0.15) is 71.6 Å². The van der Waals surface area contributed by atoms with E-state index in [0.717, 1.165) is 18.4 Å². The maximum Gasteiger partial charge on any atom is 0.408 e. The van der Waals surface area contributed by atoms with Crippen molar-refractivity contribution in [1.82, 2.24) is 15.5 Å². The number of hydrogen-bond acceptors (Lipinski definition) is 5. The lowest BCUT2D eigenvalue weighted by molar-refractivity contribution is -0.142. The molecule has 2 N–H and O–H groups in total. The molecule has 0 heterocycles. The van der Waals surface area contributed by atoms with Crippen molar-refractivity contribution in [2.75, 3.05) is 12.3 Å². The lowest BCUT2D eigenvalue weighted by Crippen LogP contribution is -2.54. The molecule has 3 amide bonds. The summed E-state index contributed by atoms with van der Waals surface area (Å²) in [5.41, 5.74) is 0.800. The standard InChI is InChI=1S/C25H39N3O4S/c1-8-12-17(4)26-22(29)21(19-14-11-13-18(9-2)15-19)28(10-3)23(30)20(16-33)27-24(31)32-25(5,6)7/h9,11,13-15,17,20-21,33H,2,8,10,12,16H2,1,3-7H3,(H,26,29)(H,27,31). The molecule has 3 atom stereocenters. The Bertz CT molecular complexity index is 822. The Labute approximate surface area is 203 Å². The minimum absolute atomic E-state index is 0.0399. The highest BCUT2D eigenvalue weighted by Crippen LogP contribution is 2.24. The van der Waals surface area contributed by atoms with Crippen molar-refractivity contribution in [2.24, 2.45) is 0 Å². The van der Waals surface area contributed by atoms with Crippen molar-refractivity contribution >= 4 is 36.6 Å². The van der Waals surface area contributed by atoms with Gasteiger partial charge in [0.1, 0.15) is 17.7 Å². The summed E-state index contributed by atoms with van der Waals surface area (Å²) in [4.78, 5) is 40.6. The van der Waals surface area contributed by atoms with Gasteiger partial charge in [0, 0.05) is 18.3 Å². The van der Waals surface area contributed by atoms with Gasteiger partial charge in [-0.3, -0.25) is 9.59 Å². The van der Waals surface area contributed by atoms with Crippen molar-refractivity contribution < 1.29 is 19.1 Å². The first-order valence-corrected chi connectivity index (χ1v) is 12.0. The van der Waals surface area contributed by atoms with E-state index >= 15 is 0 Å².